The average molecular weight is 300 g/mol. The van der Waals surface area contributed by atoms with Crippen LogP contribution in [0.15, 0.2) is 5.16 Å². The summed E-state index contributed by atoms with van der Waals surface area (Å²) >= 11 is 6.42. The first-order chi connectivity index (χ1) is 9.24. The molecule has 0 fully saturated rings. The minimum atomic E-state index is 0.338. The Kier molecular flexibility index (Phi) is 5.63. The van der Waals surface area contributed by atoms with Crippen molar-refractivity contribution >= 4 is 24.4 Å². The number of aryl methyl sites for hydroxylation is 1. The molecule has 19 heavy (non-hydrogen) atoms. The molecular weight excluding hydrogens is 274 g/mol. The third kappa shape index (κ3) is 3.48. The molecule has 0 amide bonds. The van der Waals surface area contributed by atoms with Crippen LogP contribution in [0, 0.1) is 5.41 Å². The lowest BCUT2D eigenvalue weighted by atomic mass is 9.87. The van der Waals surface area contributed by atoms with Crippen LogP contribution >= 0.6 is 24.4 Å². The molecule has 0 radical (unpaired) electrons. The number of hydrogen-bond donors (Lipinski definition) is 1. The van der Waals surface area contributed by atoms with Crippen LogP contribution in [0.1, 0.15) is 51.8 Å². The largest absolute Gasteiger partial charge is 0.306 e. The van der Waals surface area contributed by atoms with E-state index in [-0.39, 0.29) is 0 Å². The van der Waals surface area contributed by atoms with Crippen molar-refractivity contribution < 1.29 is 0 Å². The molecule has 1 aliphatic heterocycles. The first kappa shape index (κ1) is 15.2. The topological polar surface area (TPSA) is 30.7 Å². The molecule has 1 aromatic rings. The first-order valence-electron chi connectivity index (χ1n) is 7.40. The Bertz CT molecular complexity index is 391. The van der Waals surface area contributed by atoms with Gasteiger partial charge in [-0.15, -0.1) is 10.2 Å². The van der Waals surface area contributed by atoms with Crippen molar-refractivity contribution in [1.82, 2.24) is 14.8 Å². The summed E-state index contributed by atoms with van der Waals surface area (Å²) in [6.07, 6.45) is 7.29. The predicted molar refractivity (Wildman–Crippen MR) is 85.2 cm³/mol. The summed E-state index contributed by atoms with van der Waals surface area (Å²) in [5, 5.41) is 9.88. The van der Waals surface area contributed by atoms with Crippen LogP contribution in [-0.4, -0.2) is 26.3 Å². The second kappa shape index (κ2) is 7.02. The van der Waals surface area contributed by atoms with Gasteiger partial charge < -0.3 is 4.57 Å². The number of aromatic nitrogens is 3. The van der Waals surface area contributed by atoms with E-state index in [9.17, 15) is 0 Å². The highest BCUT2D eigenvalue weighted by Crippen LogP contribution is 2.35. The van der Waals surface area contributed by atoms with Gasteiger partial charge in [0.15, 0.2) is 5.16 Å². The Hall–Kier alpha value is -0.160. The molecule has 2 rings (SSSR count). The molecule has 0 saturated carbocycles. The lowest BCUT2D eigenvalue weighted by Gasteiger charge is -2.29. The SMILES string of the molecule is CCC(CC)(CS)CSc1nnc2n1CCCCC2. The molecule has 0 N–H and O–H groups in total. The molecule has 1 aromatic heterocycles. The molecule has 0 aromatic carbocycles. The standard InChI is InChI=1S/C14H25N3S2/c1-3-14(4-2,10-18)11-19-13-16-15-12-8-6-5-7-9-17(12)13/h18H,3-11H2,1-2H3. The van der Waals surface area contributed by atoms with Crippen molar-refractivity contribution in [3.05, 3.63) is 5.82 Å². The number of fused-ring (bicyclic) bond motifs is 1. The molecule has 1 aliphatic rings. The van der Waals surface area contributed by atoms with Gasteiger partial charge in [-0.3, -0.25) is 0 Å². The Morgan fingerprint density at radius 1 is 1.21 bits per heavy atom. The summed E-state index contributed by atoms with van der Waals surface area (Å²) < 4.78 is 2.34. The first-order valence-corrected chi connectivity index (χ1v) is 9.02. The van der Waals surface area contributed by atoms with Crippen LogP contribution in [-0.2, 0) is 13.0 Å². The average Bonchev–Trinajstić information content (AvgIpc) is 2.69. The summed E-state index contributed by atoms with van der Waals surface area (Å²) in [6.45, 7) is 5.63. The summed E-state index contributed by atoms with van der Waals surface area (Å²) in [5.41, 5.74) is 0.338. The summed E-state index contributed by atoms with van der Waals surface area (Å²) in [6, 6.07) is 0. The van der Waals surface area contributed by atoms with Crippen molar-refractivity contribution in [3.63, 3.8) is 0 Å². The van der Waals surface area contributed by atoms with Gasteiger partial charge in [0, 0.05) is 18.7 Å². The molecule has 0 saturated heterocycles. The van der Waals surface area contributed by atoms with Gasteiger partial charge in [0.05, 0.1) is 0 Å². The van der Waals surface area contributed by atoms with Crippen LogP contribution in [0.5, 0.6) is 0 Å². The molecule has 108 valence electrons. The van der Waals surface area contributed by atoms with E-state index in [4.69, 9.17) is 0 Å². The highest BCUT2D eigenvalue weighted by atomic mass is 32.2. The van der Waals surface area contributed by atoms with Crippen molar-refractivity contribution in [2.24, 2.45) is 5.41 Å². The Balaban J connectivity index is 2.05. The van der Waals surface area contributed by atoms with E-state index < -0.39 is 0 Å². The predicted octanol–water partition coefficient (Wildman–Crippen LogP) is 3.83. The fourth-order valence-corrected chi connectivity index (χ4v) is 4.61. The zero-order valence-electron chi connectivity index (χ0n) is 12.1. The van der Waals surface area contributed by atoms with Gasteiger partial charge in [-0.25, -0.2) is 0 Å². The van der Waals surface area contributed by atoms with Gasteiger partial charge in [0.2, 0.25) is 0 Å². The molecule has 0 unspecified atom stereocenters. The highest BCUT2D eigenvalue weighted by Gasteiger charge is 2.26. The second-order valence-electron chi connectivity index (χ2n) is 5.51. The van der Waals surface area contributed by atoms with Gasteiger partial charge in [0.25, 0.3) is 0 Å². The Morgan fingerprint density at radius 2 is 2.00 bits per heavy atom. The van der Waals surface area contributed by atoms with E-state index in [1.54, 1.807) is 0 Å². The maximum atomic E-state index is 4.55. The van der Waals surface area contributed by atoms with Crippen LogP contribution in [0.4, 0.5) is 0 Å². The fraction of sp³-hybridized carbons (Fsp3) is 0.857. The maximum Gasteiger partial charge on any atom is 0.191 e. The number of nitrogens with zero attached hydrogens (tertiary/aromatic N) is 3. The van der Waals surface area contributed by atoms with Crippen molar-refractivity contribution in [2.75, 3.05) is 11.5 Å². The van der Waals surface area contributed by atoms with Crippen molar-refractivity contribution in [3.8, 4) is 0 Å². The lowest BCUT2D eigenvalue weighted by Crippen LogP contribution is -2.24. The zero-order chi connectivity index (χ0) is 13.7. The minimum absolute atomic E-state index is 0.338. The van der Waals surface area contributed by atoms with Crippen LogP contribution < -0.4 is 0 Å². The molecule has 5 heteroatoms. The molecule has 2 heterocycles. The van der Waals surface area contributed by atoms with Gasteiger partial charge in [-0.1, -0.05) is 32.0 Å². The zero-order valence-corrected chi connectivity index (χ0v) is 13.8. The number of thiol groups is 1. The minimum Gasteiger partial charge on any atom is -0.306 e. The van der Waals surface area contributed by atoms with Crippen molar-refractivity contribution in [1.29, 1.82) is 0 Å². The van der Waals surface area contributed by atoms with Crippen LogP contribution in [0.3, 0.4) is 0 Å². The van der Waals surface area contributed by atoms with E-state index in [2.05, 4.69) is 41.2 Å². The molecule has 0 atom stereocenters. The number of hydrogen-bond acceptors (Lipinski definition) is 4. The van der Waals surface area contributed by atoms with Gasteiger partial charge >= 0.3 is 0 Å². The fourth-order valence-electron chi connectivity index (χ4n) is 2.51. The number of rotatable bonds is 6. The lowest BCUT2D eigenvalue weighted by molar-refractivity contribution is 0.357. The van der Waals surface area contributed by atoms with E-state index >= 15 is 0 Å². The molecule has 0 bridgehead atoms. The van der Waals surface area contributed by atoms with E-state index in [1.807, 2.05) is 11.8 Å². The van der Waals surface area contributed by atoms with Gasteiger partial charge in [0.1, 0.15) is 5.82 Å². The van der Waals surface area contributed by atoms with Crippen LogP contribution in [0.2, 0.25) is 0 Å². The monoisotopic (exact) mass is 299 g/mol. The Morgan fingerprint density at radius 3 is 2.68 bits per heavy atom. The summed E-state index contributed by atoms with van der Waals surface area (Å²) in [5.74, 6) is 3.24. The third-order valence-electron chi connectivity index (χ3n) is 4.42. The molecule has 0 spiro atoms. The maximum absolute atomic E-state index is 4.55. The van der Waals surface area contributed by atoms with Gasteiger partial charge in [-0.2, -0.15) is 12.6 Å². The van der Waals surface area contributed by atoms with E-state index in [1.165, 1.54) is 37.9 Å². The third-order valence-corrected chi connectivity index (χ3v) is 6.41. The normalized spacial score (nSPS) is 16.2. The quantitative estimate of drug-likeness (QED) is 0.639. The van der Waals surface area contributed by atoms with Crippen molar-refractivity contribution in [2.45, 2.75) is 64.1 Å². The highest BCUT2D eigenvalue weighted by molar-refractivity contribution is 7.99. The summed E-state index contributed by atoms with van der Waals surface area (Å²) in [4.78, 5) is 0. The molecular formula is C14H25N3S2. The molecule has 3 nitrogen and oxygen atoms in total. The van der Waals surface area contributed by atoms with E-state index in [0.717, 1.165) is 29.6 Å². The summed E-state index contributed by atoms with van der Waals surface area (Å²) in [7, 11) is 0. The second-order valence-corrected chi connectivity index (χ2v) is 6.77. The Labute approximate surface area is 126 Å². The van der Waals surface area contributed by atoms with Crippen LogP contribution in [0.25, 0.3) is 0 Å². The number of thioether (sulfide) groups is 1. The van der Waals surface area contributed by atoms with Gasteiger partial charge in [-0.05, 0) is 36.9 Å². The van der Waals surface area contributed by atoms with E-state index in [0.29, 0.717) is 5.41 Å². The molecule has 0 aliphatic carbocycles. The smallest absolute Gasteiger partial charge is 0.191 e.